The normalized spacial score (nSPS) is 13.8. The number of amides is 2. The number of nitrogens with two attached hydrogens (primary N) is 1. The largest absolute Gasteiger partial charge is 0.496 e. The van der Waals surface area contributed by atoms with E-state index in [4.69, 9.17) is 14.9 Å². The van der Waals surface area contributed by atoms with Crippen LogP contribution in [0.15, 0.2) is 71.3 Å². The number of aromatic nitrogens is 2. The highest BCUT2D eigenvalue weighted by Gasteiger charge is 2.48. The third kappa shape index (κ3) is 4.84. The van der Waals surface area contributed by atoms with Crippen LogP contribution in [-0.4, -0.2) is 28.7 Å². The topological polar surface area (TPSA) is 112 Å². The fraction of sp³-hybridized carbons (Fsp3) is 0.219. The number of benzene rings is 3. The van der Waals surface area contributed by atoms with E-state index >= 15 is 0 Å². The molecule has 1 saturated carbocycles. The van der Waals surface area contributed by atoms with Gasteiger partial charge >= 0.3 is 0 Å². The van der Waals surface area contributed by atoms with Gasteiger partial charge in [-0.3, -0.25) is 14.3 Å². The first-order valence-corrected chi connectivity index (χ1v) is 13.3. The zero-order chi connectivity index (χ0) is 28.9. The van der Waals surface area contributed by atoms with Crippen molar-refractivity contribution >= 4 is 22.8 Å². The summed E-state index contributed by atoms with van der Waals surface area (Å²) in [6.07, 6.45) is 4.01. The Kier molecular flexibility index (Phi) is 6.37. The van der Waals surface area contributed by atoms with E-state index in [1.807, 2.05) is 50.5 Å². The van der Waals surface area contributed by atoms with Crippen LogP contribution in [0.2, 0.25) is 0 Å². The van der Waals surface area contributed by atoms with Crippen LogP contribution in [0.4, 0.5) is 4.39 Å². The Morgan fingerprint density at radius 3 is 2.51 bits per heavy atom. The lowest BCUT2D eigenvalue weighted by Crippen LogP contribution is -2.35. The number of rotatable bonds is 8. The van der Waals surface area contributed by atoms with Crippen LogP contribution >= 0.6 is 0 Å². The Labute approximate surface area is 235 Å². The lowest BCUT2D eigenvalue weighted by Gasteiger charge is -2.18. The second-order valence-corrected chi connectivity index (χ2v) is 10.6. The predicted octanol–water partition coefficient (Wildman–Crippen LogP) is 5.40. The summed E-state index contributed by atoms with van der Waals surface area (Å²) >= 11 is 0. The lowest BCUT2D eigenvalue weighted by molar-refractivity contribution is 0.0925. The van der Waals surface area contributed by atoms with Gasteiger partial charge in [0.15, 0.2) is 0 Å². The number of halogens is 1. The van der Waals surface area contributed by atoms with Crippen molar-refractivity contribution in [1.82, 2.24) is 15.1 Å². The molecule has 2 heterocycles. The van der Waals surface area contributed by atoms with Crippen LogP contribution in [0.5, 0.6) is 5.75 Å². The number of primary amides is 1. The van der Waals surface area contributed by atoms with Gasteiger partial charge in [0.05, 0.1) is 29.5 Å². The van der Waals surface area contributed by atoms with Crippen LogP contribution in [0.1, 0.15) is 55.9 Å². The molecule has 0 unspecified atom stereocenters. The van der Waals surface area contributed by atoms with E-state index in [0.29, 0.717) is 40.0 Å². The van der Waals surface area contributed by atoms with E-state index < -0.39 is 11.4 Å². The number of furan rings is 1. The molecule has 208 valence electrons. The Morgan fingerprint density at radius 1 is 1.12 bits per heavy atom. The smallest absolute Gasteiger partial charge is 0.255 e. The fourth-order valence-corrected chi connectivity index (χ4v) is 5.31. The first kappa shape index (κ1) is 26.3. The van der Waals surface area contributed by atoms with Gasteiger partial charge in [-0.05, 0) is 97.5 Å². The van der Waals surface area contributed by atoms with Crippen LogP contribution < -0.4 is 15.8 Å². The number of fused-ring (bicyclic) bond motifs is 1. The van der Waals surface area contributed by atoms with Crippen LogP contribution in [0, 0.1) is 12.7 Å². The molecule has 8 nitrogen and oxygen atoms in total. The number of nitrogens with one attached hydrogen (secondary N) is 1. The van der Waals surface area contributed by atoms with Gasteiger partial charge in [0.2, 0.25) is 0 Å². The molecule has 6 rings (SSSR count). The highest BCUT2D eigenvalue weighted by atomic mass is 19.1. The standard InChI is InChI=1S/C32H29FN4O4/c1-18-14-26(40-3)24(31(39)35-32(11-12-32)27-10-13-37(2)36-27)17-21(18)15-19-4-9-25-23(16-19)28(30(34)38)29(41-25)20-5-7-22(33)8-6-20/h4-10,13-14,16-17H,11-12,15H2,1-3H3,(H2,34,38)(H,35,39). The summed E-state index contributed by atoms with van der Waals surface area (Å²) in [7, 11) is 3.40. The van der Waals surface area contributed by atoms with Crippen molar-refractivity contribution in [3.8, 4) is 17.1 Å². The molecule has 41 heavy (non-hydrogen) atoms. The third-order valence-electron chi connectivity index (χ3n) is 7.71. The number of hydrogen-bond acceptors (Lipinski definition) is 5. The minimum absolute atomic E-state index is 0.225. The maximum Gasteiger partial charge on any atom is 0.255 e. The molecular formula is C32H29FN4O4. The number of hydrogen-bond donors (Lipinski definition) is 2. The lowest BCUT2D eigenvalue weighted by atomic mass is 9.95. The maximum atomic E-state index is 13.5. The monoisotopic (exact) mass is 552 g/mol. The summed E-state index contributed by atoms with van der Waals surface area (Å²) in [5.41, 5.74) is 10.7. The SMILES string of the molecule is COc1cc(C)c(Cc2ccc3oc(-c4ccc(F)cc4)c(C(N)=O)c3c2)cc1C(=O)NC1(c2ccn(C)n2)CC1. The molecule has 0 bridgehead atoms. The molecule has 0 radical (unpaired) electrons. The Hall–Kier alpha value is -4.92. The number of methoxy groups -OCH3 is 1. The van der Waals surface area contributed by atoms with Gasteiger partial charge in [-0.2, -0.15) is 5.10 Å². The number of nitrogens with zero attached hydrogens (tertiary/aromatic N) is 2. The summed E-state index contributed by atoms with van der Waals surface area (Å²) in [5.74, 6) is -0.463. The summed E-state index contributed by atoms with van der Waals surface area (Å²) in [5, 5.41) is 8.26. The quantitative estimate of drug-likeness (QED) is 0.268. The Bertz CT molecular complexity index is 1820. The molecule has 5 aromatic rings. The van der Waals surface area contributed by atoms with Crippen molar-refractivity contribution in [3.63, 3.8) is 0 Å². The molecule has 0 saturated heterocycles. The Morgan fingerprint density at radius 2 is 1.88 bits per heavy atom. The summed E-state index contributed by atoms with van der Waals surface area (Å²) in [6, 6.07) is 16.9. The molecule has 1 fully saturated rings. The minimum atomic E-state index is -0.637. The highest BCUT2D eigenvalue weighted by molar-refractivity contribution is 6.10. The number of ether oxygens (including phenoxy) is 1. The minimum Gasteiger partial charge on any atom is -0.496 e. The van der Waals surface area contributed by atoms with Crippen molar-refractivity contribution < 1.29 is 23.1 Å². The molecule has 3 N–H and O–H groups in total. The van der Waals surface area contributed by atoms with Crippen LogP contribution in [-0.2, 0) is 19.0 Å². The average Bonchev–Trinajstić information content (AvgIpc) is 3.41. The second-order valence-electron chi connectivity index (χ2n) is 10.6. The van der Waals surface area contributed by atoms with Gasteiger partial charge in [-0.25, -0.2) is 4.39 Å². The molecule has 1 aliphatic rings. The van der Waals surface area contributed by atoms with Crippen molar-refractivity contribution in [2.75, 3.05) is 7.11 Å². The van der Waals surface area contributed by atoms with Gasteiger partial charge in [0.1, 0.15) is 22.9 Å². The molecule has 2 amide bonds. The second kappa shape index (κ2) is 9.92. The average molecular weight is 553 g/mol. The number of carbonyl (C=O) groups is 2. The summed E-state index contributed by atoms with van der Waals surface area (Å²) < 4.78 is 26.8. The van der Waals surface area contributed by atoms with E-state index in [1.165, 1.54) is 12.1 Å². The summed E-state index contributed by atoms with van der Waals surface area (Å²) in [6.45, 7) is 1.97. The van der Waals surface area contributed by atoms with Crippen LogP contribution in [0.3, 0.4) is 0 Å². The number of aryl methyl sites for hydroxylation is 2. The first-order valence-electron chi connectivity index (χ1n) is 13.3. The molecular weight excluding hydrogens is 523 g/mol. The molecule has 9 heteroatoms. The predicted molar refractivity (Wildman–Crippen MR) is 152 cm³/mol. The zero-order valence-electron chi connectivity index (χ0n) is 23.0. The van der Waals surface area contributed by atoms with E-state index in [9.17, 15) is 14.0 Å². The van der Waals surface area contributed by atoms with Gasteiger partial charge in [-0.15, -0.1) is 0 Å². The molecule has 3 aromatic carbocycles. The molecule has 0 spiro atoms. The van der Waals surface area contributed by atoms with Crippen molar-refractivity contribution in [2.45, 2.75) is 31.7 Å². The van der Waals surface area contributed by atoms with Crippen LogP contribution in [0.25, 0.3) is 22.3 Å². The Balaban J connectivity index is 1.33. The van der Waals surface area contributed by atoms with E-state index in [-0.39, 0.29) is 17.3 Å². The van der Waals surface area contributed by atoms with Gasteiger partial charge in [-0.1, -0.05) is 6.07 Å². The van der Waals surface area contributed by atoms with Crippen molar-refractivity contribution in [3.05, 3.63) is 106 Å². The molecule has 0 aliphatic heterocycles. The van der Waals surface area contributed by atoms with Crippen molar-refractivity contribution in [1.29, 1.82) is 0 Å². The van der Waals surface area contributed by atoms with Gasteiger partial charge in [0, 0.05) is 24.2 Å². The molecule has 2 aromatic heterocycles. The third-order valence-corrected chi connectivity index (χ3v) is 7.71. The number of carbonyl (C=O) groups excluding carboxylic acids is 2. The van der Waals surface area contributed by atoms with E-state index in [0.717, 1.165) is 35.2 Å². The van der Waals surface area contributed by atoms with Gasteiger partial charge < -0.3 is 20.2 Å². The molecule has 1 aliphatic carbocycles. The van der Waals surface area contributed by atoms with E-state index in [2.05, 4.69) is 10.4 Å². The van der Waals surface area contributed by atoms with Crippen molar-refractivity contribution in [2.24, 2.45) is 12.8 Å². The van der Waals surface area contributed by atoms with E-state index in [1.54, 1.807) is 30.0 Å². The highest BCUT2D eigenvalue weighted by Crippen LogP contribution is 2.45. The van der Waals surface area contributed by atoms with Gasteiger partial charge in [0.25, 0.3) is 11.8 Å². The maximum absolute atomic E-state index is 13.5. The summed E-state index contributed by atoms with van der Waals surface area (Å²) in [4.78, 5) is 26.0. The molecule has 0 atom stereocenters. The first-order chi connectivity index (χ1) is 19.7. The zero-order valence-corrected chi connectivity index (χ0v) is 23.0. The fourth-order valence-electron chi connectivity index (χ4n) is 5.31.